The van der Waals surface area contributed by atoms with E-state index < -0.39 is 0 Å². The lowest BCUT2D eigenvalue weighted by Gasteiger charge is -2.28. The van der Waals surface area contributed by atoms with E-state index in [4.69, 9.17) is 0 Å². The Labute approximate surface area is 91.1 Å². The van der Waals surface area contributed by atoms with Gasteiger partial charge in [0, 0.05) is 18.4 Å². The first kappa shape index (κ1) is 10.6. The summed E-state index contributed by atoms with van der Waals surface area (Å²) in [7, 11) is 2.20. The third kappa shape index (κ3) is 3.32. The summed E-state index contributed by atoms with van der Waals surface area (Å²) in [6, 6.07) is 2.02. The van der Waals surface area contributed by atoms with Crippen LogP contribution in [0, 0.1) is 5.92 Å². The predicted molar refractivity (Wildman–Crippen MR) is 60.5 cm³/mol. The topological polar surface area (TPSA) is 44.0 Å². The van der Waals surface area contributed by atoms with E-state index in [9.17, 15) is 0 Å². The maximum Gasteiger partial charge on any atom is 0.0490 e. The average Bonchev–Trinajstić information content (AvgIpc) is 2.74. The summed E-state index contributed by atoms with van der Waals surface area (Å²) in [4.78, 5) is 2.41. The van der Waals surface area contributed by atoms with Crippen LogP contribution in [0.3, 0.4) is 0 Å². The van der Waals surface area contributed by atoms with Crippen LogP contribution in [-0.2, 0) is 6.54 Å². The average molecular weight is 208 g/mol. The van der Waals surface area contributed by atoms with Gasteiger partial charge in [0.15, 0.2) is 0 Å². The number of likely N-dealkylation sites (tertiary alicyclic amines) is 1. The molecule has 1 fully saturated rings. The Hall–Kier alpha value is -0.870. The SMILES string of the molecule is CN1CCC(CNCc2ccn[nH]2)CC1. The number of nitrogens with one attached hydrogen (secondary N) is 2. The van der Waals surface area contributed by atoms with E-state index >= 15 is 0 Å². The first-order chi connectivity index (χ1) is 7.34. The summed E-state index contributed by atoms with van der Waals surface area (Å²) in [6.45, 7) is 4.53. The van der Waals surface area contributed by atoms with E-state index in [0.29, 0.717) is 0 Å². The zero-order chi connectivity index (χ0) is 10.5. The van der Waals surface area contributed by atoms with Crippen LogP contribution < -0.4 is 5.32 Å². The van der Waals surface area contributed by atoms with Gasteiger partial charge in [0.05, 0.1) is 0 Å². The van der Waals surface area contributed by atoms with Crippen LogP contribution in [-0.4, -0.2) is 41.8 Å². The molecular weight excluding hydrogens is 188 g/mol. The number of aromatic amines is 1. The molecule has 0 bridgehead atoms. The molecule has 2 heterocycles. The van der Waals surface area contributed by atoms with Gasteiger partial charge in [0.2, 0.25) is 0 Å². The van der Waals surface area contributed by atoms with Crippen molar-refractivity contribution in [3.63, 3.8) is 0 Å². The Morgan fingerprint density at radius 3 is 3.00 bits per heavy atom. The van der Waals surface area contributed by atoms with Crippen LogP contribution in [0.15, 0.2) is 12.3 Å². The van der Waals surface area contributed by atoms with Crippen molar-refractivity contribution in [3.05, 3.63) is 18.0 Å². The van der Waals surface area contributed by atoms with Crippen LogP contribution in [0.4, 0.5) is 0 Å². The summed E-state index contributed by atoms with van der Waals surface area (Å²) in [5.74, 6) is 0.851. The molecule has 1 aliphatic heterocycles. The molecule has 0 radical (unpaired) electrons. The second-order valence-electron chi connectivity index (χ2n) is 4.46. The molecule has 4 nitrogen and oxygen atoms in total. The first-order valence-electron chi connectivity index (χ1n) is 5.72. The van der Waals surface area contributed by atoms with Crippen molar-refractivity contribution in [1.82, 2.24) is 20.4 Å². The Morgan fingerprint density at radius 1 is 1.53 bits per heavy atom. The minimum absolute atomic E-state index is 0.851. The minimum atomic E-state index is 0.851. The van der Waals surface area contributed by atoms with Gasteiger partial charge in [-0.25, -0.2) is 0 Å². The van der Waals surface area contributed by atoms with Crippen LogP contribution in [0.25, 0.3) is 0 Å². The van der Waals surface area contributed by atoms with Crippen molar-refractivity contribution < 1.29 is 0 Å². The highest BCUT2D eigenvalue weighted by molar-refractivity contribution is 4.96. The Bertz CT molecular complexity index is 262. The van der Waals surface area contributed by atoms with E-state index in [1.807, 2.05) is 6.07 Å². The van der Waals surface area contributed by atoms with Crippen molar-refractivity contribution in [1.29, 1.82) is 0 Å². The third-order valence-corrected chi connectivity index (χ3v) is 3.15. The van der Waals surface area contributed by atoms with E-state index in [1.165, 1.54) is 31.6 Å². The molecule has 1 saturated heterocycles. The third-order valence-electron chi connectivity index (χ3n) is 3.15. The fourth-order valence-electron chi connectivity index (χ4n) is 2.06. The van der Waals surface area contributed by atoms with Crippen molar-refractivity contribution in [3.8, 4) is 0 Å². The number of H-pyrrole nitrogens is 1. The quantitative estimate of drug-likeness (QED) is 0.770. The number of aromatic nitrogens is 2. The van der Waals surface area contributed by atoms with E-state index in [1.54, 1.807) is 6.20 Å². The lowest BCUT2D eigenvalue weighted by Crippen LogP contribution is -2.34. The van der Waals surface area contributed by atoms with E-state index in [0.717, 1.165) is 19.0 Å². The monoisotopic (exact) mass is 208 g/mol. The van der Waals surface area contributed by atoms with Crippen molar-refractivity contribution in [2.24, 2.45) is 5.92 Å². The number of nitrogens with zero attached hydrogens (tertiary/aromatic N) is 2. The van der Waals surface area contributed by atoms with Gasteiger partial charge in [0.25, 0.3) is 0 Å². The standard InChI is InChI=1S/C11H20N4/c1-15-6-3-10(4-7-15)8-12-9-11-2-5-13-14-11/h2,5,10,12H,3-4,6-9H2,1H3,(H,13,14). The van der Waals surface area contributed by atoms with Crippen molar-refractivity contribution in [2.75, 3.05) is 26.7 Å². The summed E-state index contributed by atoms with van der Waals surface area (Å²) in [5.41, 5.74) is 1.17. The fraction of sp³-hybridized carbons (Fsp3) is 0.727. The molecular formula is C11H20N4. The Kier molecular flexibility index (Phi) is 3.75. The molecule has 0 aromatic carbocycles. The highest BCUT2D eigenvalue weighted by Crippen LogP contribution is 2.14. The molecule has 0 saturated carbocycles. The number of rotatable bonds is 4. The molecule has 4 heteroatoms. The van der Waals surface area contributed by atoms with Gasteiger partial charge in [0.1, 0.15) is 0 Å². The predicted octanol–water partition coefficient (Wildman–Crippen LogP) is 0.841. The second-order valence-corrected chi connectivity index (χ2v) is 4.46. The minimum Gasteiger partial charge on any atom is -0.311 e. The molecule has 15 heavy (non-hydrogen) atoms. The van der Waals surface area contributed by atoms with Gasteiger partial charge in [-0.05, 0) is 51.5 Å². The van der Waals surface area contributed by atoms with Crippen LogP contribution in [0.2, 0.25) is 0 Å². The Morgan fingerprint density at radius 2 is 2.33 bits per heavy atom. The number of hydrogen-bond acceptors (Lipinski definition) is 3. The molecule has 1 aliphatic rings. The molecule has 0 unspecified atom stereocenters. The first-order valence-corrected chi connectivity index (χ1v) is 5.72. The zero-order valence-electron chi connectivity index (χ0n) is 9.37. The second kappa shape index (κ2) is 5.28. The van der Waals surface area contributed by atoms with E-state index in [2.05, 4.69) is 27.5 Å². The normalized spacial score (nSPS) is 19.5. The van der Waals surface area contributed by atoms with Gasteiger partial charge >= 0.3 is 0 Å². The maximum atomic E-state index is 3.93. The molecule has 2 rings (SSSR count). The summed E-state index contributed by atoms with van der Waals surface area (Å²) >= 11 is 0. The molecule has 1 aromatic heterocycles. The number of hydrogen-bond donors (Lipinski definition) is 2. The van der Waals surface area contributed by atoms with Gasteiger partial charge in [-0.1, -0.05) is 0 Å². The molecule has 0 aliphatic carbocycles. The van der Waals surface area contributed by atoms with E-state index in [-0.39, 0.29) is 0 Å². The molecule has 2 N–H and O–H groups in total. The lowest BCUT2D eigenvalue weighted by molar-refractivity contribution is 0.216. The van der Waals surface area contributed by atoms with Gasteiger partial charge in [-0.2, -0.15) is 5.10 Å². The van der Waals surface area contributed by atoms with Crippen LogP contribution in [0.5, 0.6) is 0 Å². The summed E-state index contributed by atoms with van der Waals surface area (Å²) in [6.07, 6.45) is 4.45. The smallest absolute Gasteiger partial charge is 0.0490 e. The molecule has 1 aromatic rings. The lowest BCUT2D eigenvalue weighted by atomic mass is 9.97. The summed E-state index contributed by atoms with van der Waals surface area (Å²) < 4.78 is 0. The molecule has 84 valence electrons. The van der Waals surface area contributed by atoms with Crippen molar-refractivity contribution >= 4 is 0 Å². The maximum absolute atomic E-state index is 3.93. The highest BCUT2D eigenvalue weighted by atomic mass is 15.1. The van der Waals surface area contributed by atoms with Gasteiger partial charge in [-0.15, -0.1) is 0 Å². The fourth-order valence-corrected chi connectivity index (χ4v) is 2.06. The highest BCUT2D eigenvalue weighted by Gasteiger charge is 2.15. The van der Waals surface area contributed by atoms with Crippen molar-refractivity contribution in [2.45, 2.75) is 19.4 Å². The zero-order valence-corrected chi connectivity index (χ0v) is 9.37. The molecule has 0 amide bonds. The van der Waals surface area contributed by atoms with Crippen LogP contribution >= 0.6 is 0 Å². The molecule has 0 spiro atoms. The largest absolute Gasteiger partial charge is 0.311 e. The Balaban J connectivity index is 1.62. The van der Waals surface area contributed by atoms with Gasteiger partial charge in [-0.3, -0.25) is 5.10 Å². The summed E-state index contributed by atoms with van der Waals surface area (Å²) in [5, 5.41) is 10.4. The van der Waals surface area contributed by atoms with Gasteiger partial charge < -0.3 is 10.2 Å². The number of piperidine rings is 1. The van der Waals surface area contributed by atoms with Crippen LogP contribution in [0.1, 0.15) is 18.5 Å². The molecule has 0 atom stereocenters.